The van der Waals surface area contributed by atoms with Crippen LogP contribution in [0.1, 0.15) is 55.2 Å². The molecule has 6 fully saturated rings. The normalized spacial score (nSPS) is 17.7. The van der Waals surface area contributed by atoms with Gasteiger partial charge in [0.2, 0.25) is 35.1 Å². The van der Waals surface area contributed by atoms with E-state index in [9.17, 15) is 85.5 Å². The fourth-order valence-electron chi connectivity index (χ4n) is 11.6. The van der Waals surface area contributed by atoms with E-state index in [0.717, 1.165) is 60.2 Å². The van der Waals surface area contributed by atoms with E-state index >= 15 is 0 Å². The molecule has 3 saturated heterocycles. The van der Waals surface area contributed by atoms with Gasteiger partial charge < -0.3 is 60.3 Å². The number of carboxylic acid groups (broad SMARTS) is 1. The van der Waals surface area contributed by atoms with Gasteiger partial charge in [-0.3, -0.25) is 33.9 Å². The van der Waals surface area contributed by atoms with Gasteiger partial charge in [0.25, 0.3) is 5.91 Å². The second kappa shape index (κ2) is 41.4. The van der Waals surface area contributed by atoms with Gasteiger partial charge >= 0.3 is 92.1 Å². The molecule has 0 atom stereocenters. The number of anilines is 3. The van der Waals surface area contributed by atoms with Crippen molar-refractivity contribution < 1.29 is 155 Å². The number of piperazine rings is 3. The SMILES string of the molecule is CN(C)C(n1n[n+]([O-])c2ncccc21)=[N+](C)C.COC(=O)/C=C/c1ccccc1N1CCN(C(=O)C2CC(F)(F)C2)CC1.COC(=O)/C=C/c1ccccc1N1CC[NH2+]CC1.Cl.F[P-](F)(F)(F)(F)F.NO.O=C(/C=C/c1ccccc1N1CCN(C(=O)C2CC(F)(F)C2)CC1)NO.O=C(O)C1CC(F)(F)C1.[Na+].[OH-]. The number of alkyl halides is 6. The molecule has 3 saturated carbocycles. The summed E-state index contributed by atoms with van der Waals surface area (Å²) < 4.78 is 148. The van der Waals surface area contributed by atoms with Gasteiger partial charge in [0.05, 0.1) is 74.5 Å². The molecule has 9 N–H and O–H groups in total. The first kappa shape index (κ1) is 95.7. The fourth-order valence-corrected chi connectivity index (χ4v) is 11.6. The van der Waals surface area contributed by atoms with Gasteiger partial charge in [-0.1, -0.05) is 59.3 Å². The molecule has 3 aromatic carbocycles. The average molecular weight is 1600 g/mol. The van der Waals surface area contributed by atoms with E-state index < -0.39 is 74.0 Å². The number of aliphatic carboxylic acids is 1. The van der Waals surface area contributed by atoms with Crippen molar-refractivity contribution in [2.75, 3.05) is 136 Å². The maximum atomic E-state index is 13.0. The van der Waals surface area contributed by atoms with Crippen LogP contribution in [0.15, 0.2) is 109 Å². The number of carboxylic acids is 1. The minimum Gasteiger partial charge on any atom is -0.870 e. The molecule has 5 aromatic rings. The molecule has 0 unspecified atom stereocenters. The molecule has 0 spiro atoms. The predicted octanol–water partition coefficient (Wildman–Crippen LogP) is 4.91. The number of nitrogens with one attached hydrogen (secondary N) is 1. The van der Waals surface area contributed by atoms with E-state index in [2.05, 4.69) is 51.7 Å². The monoisotopic (exact) mass is 1600 g/mol. The van der Waals surface area contributed by atoms with Gasteiger partial charge in [-0.05, 0) is 65.3 Å². The molecule has 2 aromatic heterocycles. The van der Waals surface area contributed by atoms with Crippen LogP contribution in [0.3, 0.4) is 0 Å². The third kappa shape index (κ3) is 31.3. The van der Waals surface area contributed by atoms with Crippen molar-refractivity contribution in [1.29, 1.82) is 0 Å². The first-order valence-corrected chi connectivity index (χ1v) is 34.5. The molecule has 11 rings (SSSR count). The summed E-state index contributed by atoms with van der Waals surface area (Å²) in [5.41, 5.74) is 8.36. The van der Waals surface area contributed by atoms with Crippen LogP contribution in [0.5, 0.6) is 0 Å². The maximum absolute atomic E-state index is 13.0. The Balaban J connectivity index is 0.000000455. The van der Waals surface area contributed by atoms with Crippen LogP contribution in [0, 0.1) is 23.0 Å². The van der Waals surface area contributed by atoms with E-state index in [1.165, 1.54) is 38.1 Å². The van der Waals surface area contributed by atoms with Gasteiger partial charge in [0, 0.05) is 143 Å². The van der Waals surface area contributed by atoms with Crippen molar-refractivity contribution in [2.45, 2.75) is 56.3 Å². The Morgan fingerprint density at radius 3 is 1.27 bits per heavy atom. The zero-order valence-electron chi connectivity index (χ0n) is 60.0. The van der Waals surface area contributed by atoms with E-state index in [1.54, 1.807) is 44.4 Å². The molecule has 0 radical (unpaired) electrons. The molecule has 108 heavy (non-hydrogen) atoms. The number of nitrogens with two attached hydrogens (primary N) is 2. The molecule has 3 amide bonds. The quantitative estimate of drug-likeness (QED) is 0.00826. The van der Waals surface area contributed by atoms with E-state index in [1.807, 2.05) is 117 Å². The van der Waals surface area contributed by atoms with Crippen molar-refractivity contribution in [3.8, 4) is 0 Å². The Hall–Kier alpha value is -8.40. The van der Waals surface area contributed by atoms with Gasteiger partial charge in [-0.25, -0.2) is 47.3 Å². The summed E-state index contributed by atoms with van der Waals surface area (Å²) >= 11 is 0. The summed E-state index contributed by atoms with van der Waals surface area (Å²) in [4.78, 5) is 84.5. The standard InChI is InChI=1S/C19H22F2N2O3.C18H21F2N3O3.C14H18N2O2.C10H15N6O.C5H6F2O2.ClH.F6P.H3NO.Na.H2O/c1-26-17(24)7-6-14-4-2-3-5-16(14)22-8-10-23(11-9-22)18(25)15-12-19(20,21)13-15;19-18(20)11-14(12-18)17(25)23-9-7-22(8-10-23)15-4-2-1-3-13(15)5-6-16(24)21-26;1-18-14(17)7-6-12-4-2-3-5-13(12)16-10-8-15-9-11-16;1-13(2)10(14(3)4)15-8-6-5-7-11-9(8)16(17)12-15;6-5(7)1-3(2-5)4(8)9;;1-7(2,3,4,5)6;1-2;;/h2-7,15H,8-13H2,1H3;1-6,14,26H,7-12H2,(H,21,24);2-7,15H,8-11H2,1H3;5-7H,1-4H3;3H,1-2H2,(H,8,9);1H;;2H,1H2;;1H2/q;;;+1;;;-1;;+1;/b7-6+;6-5+;7-6+;;;;;;;. The number of halogens is 13. The summed E-state index contributed by atoms with van der Waals surface area (Å²) in [7, 11) is -0.355. The maximum Gasteiger partial charge on any atom is 1.00 e. The Kier molecular flexibility index (Phi) is 36.7. The fraction of sp³-hybridized carbons (Fsp3) is 0.455. The second-order valence-corrected chi connectivity index (χ2v) is 26.9. The Labute approximate surface area is 641 Å². The first-order chi connectivity index (χ1) is 49.1. The van der Waals surface area contributed by atoms with Crippen LogP contribution in [0.4, 0.5) is 68.6 Å². The summed E-state index contributed by atoms with van der Waals surface area (Å²) in [6, 6.07) is 26.9. The van der Waals surface area contributed by atoms with Gasteiger partial charge in [-0.15, -0.1) is 22.2 Å². The van der Waals surface area contributed by atoms with Crippen LogP contribution < -0.4 is 65.8 Å². The molecular formula is C66H88ClF12N14NaO13P+. The number of hydrogen-bond acceptors (Lipinski definition) is 18. The van der Waals surface area contributed by atoms with Crippen LogP contribution in [-0.2, 0) is 38.2 Å². The minimum atomic E-state index is -10.7. The molecule has 6 aliphatic rings. The first-order valence-electron chi connectivity index (χ1n) is 32.5. The summed E-state index contributed by atoms with van der Waals surface area (Å²) in [5, 5.41) is 41.1. The number of fused-ring (bicyclic) bond motifs is 1. The van der Waals surface area contributed by atoms with Crippen LogP contribution >= 0.6 is 20.2 Å². The number of pyridine rings is 1. The number of ether oxygens (including phenoxy) is 2. The molecule has 3 aliphatic carbocycles. The van der Waals surface area contributed by atoms with E-state index in [-0.39, 0.29) is 90.9 Å². The molecule has 3 aliphatic heterocycles. The third-order valence-electron chi connectivity index (χ3n) is 16.6. The topological polar surface area (TPSA) is 346 Å². The number of benzene rings is 3. The van der Waals surface area contributed by atoms with Crippen LogP contribution in [0.2, 0.25) is 0 Å². The number of carbonyl (C=O) groups excluding carboxylic acids is 5. The molecule has 0 bridgehead atoms. The number of hydroxylamine groups is 1. The number of para-hydroxylation sites is 3. The zero-order chi connectivity index (χ0) is 78.3. The number of methoxy groups -OCH3 is 2. The van der Waals surface area contributed by atoms with Crippen molar-refractivity contribution in [1.82, 2.24) is 35.1 Å². The zero-order valence-corrected chi connectivity index (χ0v) is 63.7. The van der Waals surface area contributed by atoms with Gasteiger partial charge in [-0.2, -0.15) is 0 Å². The van der Waals surface area contributed by atoms with Crippen LogP contribution in [0.25, 0.3) is 29.4 Å². The van der Waals surface area contributed by atoms with E-state index in [4.69, 9.17) is 15.5 Å². The number of quaternary nitrogens is 1. The van der Waals surface area contributed by atoms with E-state index in [0.29, 0.717) is 68.4 Å². The van der Waals surface area contributed by atoms with Crippen molar-refractivity contribution in [3.63, 3.8) is 0 Å². The largest absolute Gasteiger partial charge is 1.00 e. The molecule has 596 valence electrons. The molecule has 27 nitrogen and oxygen atoms in total. The molecule has 42 heteroatoms. The Bertz CT molecular complexity index is 3770. The Morgan fingerprint density at radius 1 is 0.611 bits per heavy atom. The summed E-state index contributed by atoms with van der Waals surface area (Å²) in [5.74, 6) is -8.48. The minimum absolute atomic E-state index is 0. The smallest absolute Gasteiger partial charge is 0.870 e. The number of esters is 2. The molecule has 5 heterocycles. The number of rotatable bonds is 12. The number of nitrogens with zero attached hydrogens (tertiary/aromatic N) is 11. The summed E-state index contributed by atoms with van der Waals surface area (Å²) in [6.45, 7) is 8.74. The predicted molar refractivity (Wildman–Crippen MR) is 374 cm³/mol. The number of aromatic nitrogens is 4. The molecular weight excluding hydrogens is 1510 g/mol. The number of amides is 3. The number of carbonyl (C=O) groups is 6. The Morgan fingerprint density at radius 2 is 0.954 bits per heavy atom. The van der Waals surface area contributed by atoms with Crippen LogP contribution in [-0.4, -0.2) is 235 Å². The van der Waals surface area contributed by atoms with Gasteiger partial charge in [0.1, 0.15) is 6.20 Å². The third-order valence-corrected chi connectivity index (χ3v) is 16.6. The van der Waals surface area contributed by atoms with Crippen molar-refractivity contribution >= 4 is 108 Å². The van der Waals surface area contributed by atoms with Crippen molar-refractivity contribution in [3.05, 3.63) is 131 Å². The average Bonchev–Trinajstić information content (AvgIpc) is 1.75. The van der Waals surface area contributed by atoms with Gasteiger partial charge in [0.15, 0.2) is 0 Å². The second-order valence-electron chi connectivity index (χ2n) is 25.0. The number of hydrogen-bond donors (Lipinski definition) is 6. The summed E-state index contributed by atoms with van der Waals surface area (Å²) in [6.07, 6.45) is 8.47. The van der Waals surface area contributed by atoms with Crippen molar-refractivity contribution in [2.24, 2.45) is 23.7 Å².